The molecule has 420 valence electrons. The first kappa shape index (κ1) is 67.6. The van der Waals surface area contributed by atoms with Crippen molar-refractivity contribution >= 4 is 11.9 Å². The normalized spacial score (nSPS) is 15.3. The molecule has 0 bridgehead atoms. The molecule has 0 aliphatic carbocycles. The molecule has 0 saturated carbocycles. The average Bonchev–Trinajstić information content (AvgIpc) is 3.44. The minimum absolute atomic E-state index is 0.00425. The predicted molar refractivity (Wildman–Crippen MR) is 306 cm³/mol. The molecule has 6 heteroatoms. The fourth-order valence-corrected chi connectivity index (χ4v) is 10.8. The monoisotopic (exact) mass is 1000 g/mol. The quantitative estimate of drug-likeness (QED) is 0.0358. The Bertz CT molecular complexity index is 1120. The maximum absolute atomic E-state index is 12.5. The van der Waals surface area contributed by atoms with E-state index in [-0.39, 0.29) is 19.6 Å². The molecule has 1 fully saturated rings. The summed E-state index contributed by atoms with van der Waals surface area (Å²) in [6.07, 6.45) is 78.7. The second-order valence-electron chi connectivity index (χ2n) is 23.1. The van der Waals surface area contributed by atoms with E-state index in [4.69, 9.17) is 9.47 Å². The molecular weight excluding hydrogens is 877 g/mol. The van der Waals surface area contributed by atoms with Gasteiger partial charge in [0.05, 0.1) is 31.0 Å². The Balaban J connectivity index is 1.68. The molecule has 1 aliphatic heterocycles. The highest BCUT2D eigenvalue weighted by Crippen LogP contribution is 2.25. The van der Waals surface area contributed by atoms with Crippen LogP contribution in [0, 0.1) is 11.3 Å². The smallest absolute Gasteiger partial charge is 0.309 e. The highest BCUT2D eigenvalue weighted by Gasteiger charge is 2.36. The number of cyclic esters (lactones) is 2. The second-order valence-corrected chi connectivity index (χ2v) is 23.1. The number of carbonyl (C=O) groups is 2. The number of allylic oxidation sites excluding steroid dienone is 2. The van der Waals surface area contributed by atoms with Crippen molar-refractivity contribution in [3.8, 4) is 0 Å². The third kappa shape index (κ3) is 46.8. The van der Waals surface area contributed by atoms with Gasteiger partial charge in [-0.1, -0.05) is 327 Å². The molecule has 0 aromatic rings. The lowest BCUT2D eigenvalue weighted by Gasteiger charge is -2.27. The largest absolute Gasteiger partial charge is 0.465 e. The van der Waals surface area contributed by atoms with E-state index in [0.717, 1.165) is 19.3 Å². The second kappa shape index (κ2) is 54.8. The third-order valence-electron chi connectivity index (χ3n) is 16.0. The molecule has 1 rings (SSSR count). The van der Waals surface area contributed by atoms with Gasteiger partial charge in [0.15, 0.2) is 0 Å². The highest BCUT2D eigenvalue weighted by molar-refractivity contribution is 5.80. The molecule has 1 saturated heterocycles. The van der Waals surface area contributed by atoms with Crippen LogP contribution >= 0.6 is 0 Å². The zero-order chi connectivity index (χ0) is 51.1. The lowest BCUT2D eigenvalue weighted by Crippen LogP contribution is -2.40. The van der Waals surface area contributed by atoms with Gasteiger partial charge in [-0.25, -0.2) is 0 Å². The minimum Gasteiger partial charge on any atom is -0.465 e. The maximum atomic E-state index is 12.5. The Morgan fingerprint density at radius 2 is 0.606 bits per heavy atom. The molecule has 1 heterocycles. The van der Waals surface area contributed by atoms with E-state index < -0.39 is 36.5 Å². The van der Waals surface area contributed by atoms with E-state index in [0.29, 0.717) is 6.42 Å². The molecule has 6 nitrogen and oxygen atoms in total. The van der Waals surface area contributed by atoms with E-state index in [2.05, 4.69) is 19.1 Å². The summed E-state index contributed by atoms with van der Waals surface area (Å²) in [5.74, 6) is -1.40. The number of aliphatic hydroxyl groups is 2. The fourth-order valence-electron chi connectivity index (χ4n) is 10.8. The van der Waals surface area contributed by atoms with Crippen molar-refractivity contribution in [3.63, 3.8) is 0 Å². The van der Waals surface area contributed by atoms with Crippen LogP contribution in [0.15, 0.2) is 12.2 Å². The minimum atomic E-state index is -1.12. The van der Waals surface area contributed by atoms with Crippen LogP contribution in [-0.4, -0.2) is 48.6 Å². The van der Waals surface area contributed by atoms with E-state index in [9.17, 15) is 19.8 Å². The van der Waals surface area contributed by atoms with Crippen LogP contribution in [0.4, 0.5) is 0 Å². The van der Waals surface area contributed by atoms with Gasteiger partial charge in [0.25, 0.3) is 0 Å². The first-order valence-corrected chi connectivity index (χ1v) is 32.3. The molecular formula is C65H124O6. The van der Waals surface area contributed by atoms with Crippen LogP contribution in [0.3, 0.4) is 0 Å². The highest BCUT2D eigenvalue weighted by atomic mass is 16.6. The number of hydrogen-bond donors (Lipinski definition) is 2. The van der Waals surface area contributed by atoms with Crippen molar-refractivity contribution in [1.29, 1.82) is 0 Å². The zero-order valence-corrected chi connectivity index (χ0v) is 47.8. The summed E-state index contributed by atoms with van der Waals surface area (Å²) >= 11 is 0. The van der Waals surface area contributed by atoms with E-state index >= 15 is 0 Å². The average molecular weight is 1000 g/mol. The van der Waals surface area contributed by atoms with Crippen LogP contribution in [0.1, 0.15) is 354 Å². The van der Waals surface area contributed by atoms with Crippen molar-refractivity contribution in [2.45, 2.75) is 354 Å². The number of carbonyl (C=O) groups excluding carboxylic acids is 2. The Kier molecular flexibility index (Phi) is 52.2. The van der Waals surface area contributed by atoms with E-state index in [1.807, 2.05) is 0 Å². The molecule has 1 unspecified atom stereocenters. The van der Waals surface area contributed by atoms with E-state index in [1.54, 1.807) is 0 Å². The van der Waals surface area contributed by atoms with Gasteiger partial charge in [-0.15, -0.1) is 0 Å². The van der Waals surface area contributed by atoms with Gasteiger partial charge in [-0.3, -0.25) is 9.59 Å². The summed E-state index contributed by atoms with van der Waals surface area (Å²) in [4.78, 5) is 24.7. The molecule has 0 aromatic carbocycles. The summed E-state index contributed by atoms with van der Waals surface area (Å²) in [7, 11) is 0. The fraction of sp³-hybridized carbons (Fsp3) is 0.938. The number of ether oxygens (including phenoxy) is 2. The van der Waals surface area contributed by atoms with Gasteiger partial charge in [0.2, 0.25) is 0 Å². The number of hydrogen-bond acceptors (Lipinski definition) is 6. The van der Waals surface area contributed by atoms with Crippen molar-refractivity contribution in [2.75, 3.05) is 26.4 Å². The zero-order valence-electron chi connectivity index (χ0n) is 47.8. The first-order valence-electron chi connectivity index (χ1n) is 32.3. The Labute approximate surface area is 443 Å². The van der Waals surface area contributed by atoms with Gasteiger partial charge < -0.3 is 19.7 Å². The summed E-state index contributed by atoms with van der Waals surface area (Å²) < 4.78 is 10.6. The predicted octanol–water partition coefficient (Wildman–Crippen LogP) is 20.3. The standard InChI is InChI=1S/C65H124O6/c1-2-3-4-5-6-7-8-9-10-11-12-13-14-15-16-17-18-19-20-21-22-23-24-25-26-27-28-29-30-31-32-33-34-35-36-37-38-39-40-41-42-43-44-45-46-47-48-49-50-51-52-53-54-55-56-62-57-63(68)70-60-65(58-66,59-67)61-71-64(62)69/h31-32,62,66-67H,2-30,33-61H2,1H3/b32-31+. The lowest BCUT2D eigenvalue weighted by atomic mass is 9.92. The van der Waals surface area contributed by atoms with Crippen molar-refractivity contribution < 1.29 is 29.3 Å². The molecule has 2 N–H and O–H groups in total. The molecule has 0 amide bonds. The molecule has 1 aliphatic rings. The summed E-state index contributed by atoms with van der Waals surface area (Å²) in [5.41, 5.74) is -1.12. The maximum Gasteiger partial charge on any atom is 0.309 e. The van der Waals surface area contributed by atoms with Gasteiger partial charge in [-0.2, -0.15) is 0 Å². The number of aliphatic hydroxyl groups excluding tert-OH is 2. The third-order valence-corrected chi connectivity index (χ3v) is 16.0. The lowest BCUT2D eigenvalue weighted by molar-refractivity contribution is -0.155. The topological polar surface area (TPSA) is 93.1 Å². The Morgan fingerprint density at radius 3 is 0.873 bits per heavy atom. The molecule has 1 atom stereocenters. The van der Waals surface area contributed by atoms with Crippen LogP contribution < -0.4 is 0 Å². The first-order chi connectivity index (χ1) is 35.1. The Morgan fingerprint density at radius 1 is 0.366 bits per heavy atom. The molecule has 0 radical (unpaired) electrons. The van der Waals surface area contributed by atoms with Crippen LogP contribution in [0.5, 0.6) is 0 Å². The molecule has 0 spiro atoms. The van der Waals surface area contributed by atoms with Gasteiger partial charge >= 0.3 is 11.9 Å². The van der Waals surface area contributed by atoms with Crippen molar-refractivity contribution in [1.82, 2.24) is 0 Å². The summed E-state index contributed by atoms with van der Waals surface area (Å²) in [6, 6.07) is 0. The van der Waals surface area contributed by atoms with Crippen LogP contribution in [0.2, 0.25) is 0 Å². The van der Waals surface area contributed by atoms with E-state index in [1.165, 1.54) is 315 Å². The summed E-state index contributed by atoms with van der Waals surface area (Å²) in [6.45, 7) is 1.21. The number of esters is 2. The molecule has 71 heavy (non-hydrogen) atoms. The number of unbranched alkanes of at least 4 members (excludes halogenated alkanes) is 50. The van der Waals surface area contributed by atoms with Gasteiger partial charge in [-0.05, 0) is 32.1 Å². The van der Waals surface area contributed by atoms with Gasteiger partial charge in [0, 0.05) is 0 Å². The van der Waals surface area contributed by atoms with Crippen molar-refractivity contribution in [2.24, 2.45) is 11.3 Å². The van der Waals surface area contributed by atoms with Crippen molar-refractivity contribution in [3.05, 3.63) is 12.2 Å². The number of rotatable bonds is 56. The van der Waals surface area contributed by atoms with Gasteiger partial charge in [0.1, 0.15) is 13.2 Å². The SMILES string of the molecule is CCCCCCCCCCCCCCCCCCCCCCCCCCCCCC/C=C/CCCCCCCCCCCCCCCCCCCCCCCCC1CC(=O)OCC(CO)(CO)COC1=O. The summed E-state index contributed by atoms with van der Waals surface area (Å²) in [5, 5.41) is 19.2. The Hall–Kier alpha value is -1.40. The molecule has 0 aromatic heterocycles. The van der Waals surface area contributed by atoms with Crippen LogP contribution in [-0.2, 0) is 19.1 Å². The van der Waals surface area contributed by atoms with Crippen LogP contribution in [0.25, 0.3) is 0 Å².